The van der Waals surface area contributed by atoms with Gasteiger partial charge in [0.2, 0.25) is 5.91 Å². The highest BCUT2D eigenvalue weighted by atomic mass is 19.1. The number of benzene rings is 1. The van der Waals surface area contributed by atoms with Gasteiger partial charge < -0.3 is 11.1 Å². The first-order valence-electron chi connectivity index (χ1n) is 5.50. The molecule has 1 amide bonds. The van der Waals surface area contributed by atoms with Gasteiger partial charge in [-0.25, -0.2) is 4.39 Å². The number of carbonyl (C=O) groups excluding carboxylic acids is 1. The Morgan fingerprint density at radius 1 is 1.50 bits per heavy atom. The molecule has 1 aromatic rings. The van der Waals surface area contributed by atoms with Crippen LogP contribution in [0.4, 0.5) is 10.1 Å². The van der Waals surface area contributed by atoms with E-state index in [0.717, 1.165) is 24.1 Å². The van der Waals surface area contributed by atoms with Gasteiger partial charge in [-0.15, -0.1) is 0 Å². The molecule has 0 spiro atoms. The summed E-state index contributed by atoms with van der Waals surface area (Å²) in [6.07, 6.45) is 2.19. The topological polar surface area (TPSA) is 55.1 Å². The molecule has 3 N–H and O–H groups in total. The smallest absolute Gasteiger partial charge is 0.227 e. The fourth-order valence-corrected chi connectivity index (χ4v) is 2.04. The number of hydrogen-bond donors (Lipinski definition) is 2. The lowest BCUT2D eigenvalue weighted by atomic mass is 9.90. The number of nitrogens with one attached hydrogen (secondary N) is 1. The maximum atomic E-state index is 13.0. The molecule has 0 aliphatic carbocycles. The highest BCUT2D eigenvalue weighted by molar-refractivity contribution is 5.95. The van der Waals surface area contributed by atoms with Crippen LogP contribution in [0.2, 0.25) is 0 Å². The van der Waals surface area contributed by atoms with Crippen molar-refractivity contribution in [2.24, 2.45) is 11.7 Å². The Kier molecular flexibility index (Phi) is 3.19. The highest BCUT2D eigenvalue weighted by Crippen LogP contribution is 2.28. The molecule has 16 heavy (non-hydrogen) atoms. The Morgan fingerprint density at radius 3 is 3.06 bits per heavy atom. The lowest BCUT2D eigenvalue weighted by Gasteiger charge is -2.24. The molecule has 0 bridgehead atoms. The van der Waals surface area contributed by atoms with E-state index in [2.05, 4.69) is 5.32 Å². The summed E-state index contributed by atoms with van der Waals surface area (Å²) in [5.41, 5.74) is 7.03. The number of nitrogens with two attached hydrogens (primary N) is 1. The minimum absolute atomic E-state index is 0.0209. The van der Waals surface area contributed by atoms with Gasteiger partial charge in [0, 0.05) is 11.6 Å². The molecule has 0 saturated carbocycles. The van der Waals surface area contributed by atoms with Crippen LogP contribution in [-0.2, 0) is 11.2 Å². The number of amides is 1. The van der Waals surface area contributed by atoms with Gasteiger partial charge in [-0.3, -0.25) is 4.79 Å². The number of halogens is 1. The number of fused-ring (bicyclic) bond motifs is 1. The van der Waals surface area contributed by atoms with E-state index in [1.165, 1.54) is 12.1 Å². The second-order valence-electron chi connectivity index (χ2n) is 4.12. The Morgan fingerprint density at radius 2 is 2.31 bits per heavy atom. The van der Waals surface area contributed by atoms with E-state index in [1.54, 1.807) is 6.07 Å². The third-order valence-corrected chi connectivity index (χ3v) is 2.92. The molecule has 1 heterocycles. The monoisotopic (exact) mass is 222 g/mol. The molecule has 4 heteroatoms. The van der Waals surface area contributed by atoms with Gasteiger partial charge in [0.1, 0.15) is 5.82 Å². The summed E-state index contributed by atoms with van der Waals surface area (Å²) in [4.78, 5) is 11.7. The van der Waals surface area contributed by atoms with E-state index in [9.17, 15) is 9.18 Å². The largest absolute Gasteiger partial charge is 0.330 e. The third-order valence-electron chi connectivity index (χ3n) is 2.92. The maximum Gasteiger partial charge on any atom is 0.227 e. The van der Waals surface area contributed by atoms with Crippen molar-refractivity contribution in [3.63, 3.8) is 0 Å². The fraction of sp³-hybridized carbons (Fsp3) is 0.417. The second kappa shape index (κ2) is 4.61. The highest BCUT2D eigenvalue weighted by Gasteiger charge is 2.25. The van der Waals surface area contributed by atoms with Crippen LogP contribution in [0.1, 0.15) is 18.4 Å². The number of hydrogen-bond acceptors (Lipinski definition) is 2. The number of rotatable bonds is 3. The van der Waals surface area contributed by atoms with Gasteiger partial charge in [0.25, 0.3) is 0 Å². The van der Waals surface area contributed by atoms with Gasteiger partial charge in [-0.2, -0.15) is 0 Å². The zero-order chi connectivity index (χ0) is 11.5. The zero-order valence-corrected chi connectivity index (χ0v) is 9.00. The normalized spacial score (nSPS) is 19.1. The molecule has 1 unspecified atom stereocenters. The van der Waals surface area contributed by atoms with Gasteiger partial charge in [-0.1, -0.05) is 0 Å². The van der Waals surface area contributed by atoms with Crippen molar-refractivity contribution in [3.8, 4) is 0 Å². The van der Waals surface area contributed by atoms with Gasteiger partial charge in [0.05, 0.1) is 0 Å². The molecule has 0 radical (unpaired) electrons. The Labute approximate surface area is 93.8 Å². The Hall–Kier alpha value is -1.42. The molecule has 1 aromatic carbocycles. The van der Waals surface area contributed by atoms with Crippen molar-refractivity contribution in [3.05, 3.63) is 29.6 Å². The van der Waals surface area contributed by atoms with Gasteiger partial charge >= 0.3 is 0 Å². The first-order chi connectivity index (χ1) is 7.70. The van der Waals surface area contributed by atoms with E-state index in [-0.39, 0.29) is 17.6 Å². The average molecular weight is 222 g/mol. The molecule has 1 aliphatic rings. The molecule has 1 aliphatic heterocycles. The molecule has 0 saturated heterocycles. The molecule has 3 nitrogen and oxygen atoms in total. The summed E-state index contributed by atoms with van der Waals surface area (Å²) in [6, 6.07) is 4.46. The van der Waals surface area contributed by atoms with Gasteiger partial charge in [-0.05, 0) is 49.6 Å². The molecule has 86 valence electrons. The summed E-state index contributed by atoms with van der Waals surface area (Å²) in [5, 5.41) is 2.80. The van der Waals surface area contributed by atoms with Crippen molar-refractivity contribution in [1.29, 1.82) is 0 Å². The predicted molar refractivity (Wildman–Crippen MR) is 60.5 cm³/mol. The maximum absolute atomic E-state index is 13.0. The molecular weight excluding hydrogens is 207 g/mol. The number of carbonyl (C=O) groups is 1. The van der Waals surface area contributed by atoms with Crippen molar-refractivity contribution in [2.75, 3.05) is 11.9 Å². The predicted octanol–water partition coefficient (Wildman–Crippen LogP) is 1.68. The Balaban J connectivity index is 2.16. The molecular formula is C12H15FN2O. The minimum Gasteiger partial charge on any atom is -0.330 e. The molecule has 0 fully saturated rings. The summed E-state index contributed by atoms with van der Waals surface area (Å²) in [5.74, 6) is -0.308. The van der Waals surface area contributed by atoms with Gasteiger partial charge in [0.15, 0.2) is 0 Å². The molecule has 0 aromatic heterocycles. The van der Waals surface area contributed by atoms with Crippen molar-refractivity contribution >= 4 is 11.6 Å². The summed E-state index contributed by atoms with van der Waals surface area (Å²) < 4.78 is 13.0. The van der Waals surface area contributed by atoms with E-state index >= 15 is 0 Å². The number of anilines is 1. The van der Waals surface area contributed by atoms with Crippen LogP contribution in [-0.4, -0.2) is 12.5 Å². The van der Waals surface area contributed by atoms with Crippen LogP contribution in [0, 0.1) is 11.7 Å². The SMILES string of the molecule is NCCCC1Cc2cc(F)ccc2NC1=O. The lowest BCUT2D eigenvalue weighted by molar-refractivity contribution is -0.120. The summed E-state index contributed by atoms with van der Waals surface area (Å²) in [7, 11) is 0. The van der Waals surface area contributed by atoms with Crippen LogP contribution in [0.25, 0.3) is 0 Å². The summed E-state index contributed by atoms with van der Waals surface area (Å²) in [6.45, 7) is 0.583. The lowest BCUT2D eigenvalue weighted by Crippen LogP contribution is -2.30. The van der Waals surface area contributed by atoms with Crippen molar-refractivity contribution < 1.29 is 9.18 Å². The van der Waals surface area contributed by atoms with E-state index in [4.69, 9.17) is 5.73 Å². The summed E-state index contributed by atoms with van der Waals surface area (Å²) >= 11 is 0. The van der Waals surface area contributed by atoms with Crippen LogP contribution in [0.3, 0.4) is 0 Å². The third kappa shape index (κ3) is 2.22. The van der Waals surface area contributed by atoms with Crippen LogP contribution in [0.5, 0.6) is 0 Å². The van der Waals surface area contributed by atoms with Crippen molar-refractivity contribution in [1.82, 2.24) is 0 Å². The quantitative estimate of drug-likeness (QED) is 0.817. The second-order valence-corrected chi connectivity index (χ2v) is 4.12. The van der Waals surface area contributed by atoms with Crippen LogP contribution < -0.4 is 11.1 Å². The first-order valence-corrected chi connectivity index (χ1v) is 5.50. The fourth-order valence-electron chi connectivity index (χ4n) is 2.04. The van der Waals surface area contributed by atoms with E-state index in [1.807, 2.05) is 0 Å². The van der Waals surface area contributed by atoms with E-state index < -0.39 is 0 Å². The standard InChI is InChI=1S/C12H15FN2O/c13-10-3-4-11-9(7-10)6-8(2-1-5-14)12(16)15-11/h3-4,7-8H,1-2,5-6,14H2,(H,15,16). The zero-order valence-electron chi connectivity index (χ0n) is 9.00. The van der Waals surface area contributed by atoms with Crippen LogP contribution >= 0.6 is 0 Å². The first kappa shape index (κ1) is 11.1. The molecule has 1 atom stereocenters. The average Bonchev–Trinajstić information content (AvgIpc) is 2.27. The van der Waals surface area contributed by atoms with Crippen LogP contribution in [0.15, 0.2) is 18.2 Å². The Bertz CT molecular complexity index is 406. The van der Waals surface area contributed by atoms with E-state index in [0.29, 0.717) is 13.0 Å². The molecule has 2 rings (SSSR count). The minimum atomic E-state index is -0.257. The van der Waals surface area contributed by atoms with Crippen molar-refractivity contribution in [2.45, 2.75) is 19.3 Å².